The van der Waals surface area contributed by atoms with Crippen molar-refractivity contribution in [3.8, 4) is 0 Å². The lowest BCUT2D eigenvalue weighted by atomic mass is 9.76. The zero-order valence-electron chi connectivity index (χ0n) is 11.5. The van der Waals surface area contributed by atoms with Gasteiger partial charge in [0.15, 0.2) is 0 Å². The zero-order valence-corrected chi connectivity index (χ0v) is 13.1. The van der Waals surface area contributed by atoms with Crippen LogP contribution in [0.2, 0.25) is 0 Å². The van der Waals surface area contributed by atoms with Gasteiger partial charge < -0.3 is 5.32 Å². The van der Waals surface area contributed by atoms with E-state index in [2.05, 4.69) is 50.6 Å². The van der Waals surface area contributed by atoms with E-state index in [1.54, 1.807) is 0 Å². The first kappa shape index (κ1) is 13.8. The lowest BCUT2D eigenvalue weighted by molar-refractivity contribution is 0.288. The van der Waals surface area contributed by atoms with Crippen LogP contribution in [-0.2, 0) is 6.54 Å². The van der Waals surface area contributed by atoms with E-state index in [1.807, 2.05) is 23.1 Å². The lowest BCUT2D eigenvalue weighted by Crippen LogP contribution is -2.40. The number of nitrogens with zero attached hydrogens (tertiary/aromatic N) is 2. The van der Waals surface area contributed by atoms with E-state index in [0.29, 0.717) is 6.04 Å². The summed E-state index contributed by atoms with van der Waals surface area (Å²) in [4.78, 5) is 0. The SMILES string of the molecule is Brc1cccc(C2CC(NCCCn3cccn3)C2)c1. The molecule has 106 valence electrons. The molecule has 0 radical (unpaired) electrons. The van der Waals surface area contributed by atoms with Crippen LogP contribution < -0.4 is 5.32 Å². The Bertz CT molecular complexity index is 532. The van der Waals surface area contributed by atoms with Gasteiger partial charge >= 0.3 is 0 Å². The lowest BCUT2D eigenvalue weighted by Gasteiger charge is -2.36. The molecule has 0 amide bonds. The van der Waals surface area contributed by atoms with Gasteiger partial charge in [0.1, 0.15) is 0 Å². The molecule has 4 heteroatoms. The monoisotopic (exact) mass is 333 g/mol. The fourth-order valence-corrected chi connectivity index (χ4v) is 3.21. The Morgan fingerprint density at radius 2 is 2.20 bits per heavy atom. The Labute approximate surface area is 128 Å². The molecule has 3 nitrogen and oxygen atoms in total. The third-order valence-corrected chi connectivity index (χ3v) is 4.51. The summed E-state index contributed by atoms with van der Waals surface area (Å²) < 4.78 is 3.18. The molecule has 0 saturated heterocycles. The summed E-state index contributed by atoms with van der Waals surface area (Å²) in [7, 11) is 0. The first-order valence-electron chi connectivity index (χ1n) is 7.27. The molecule has 1 N–H and O–H groups in total. The molecule has 20 heavy (non-hydrogen) atoms. The summed E-state index contributed by atoms with van der Waals surface area (Å²) in [6, 6.07) is 11.4. The smallest absolute Gasteiger partial charge is 0.0489 e. The number of nitrogens with one attached hydrogen (secondary N) is 1. The van der Waals surface area contributed by atoms with Gasteiger partial charge in [0, 0.05) is 29.5 Å². The maximum atomic E-state index is 4.21. The van der Waals surface area contributed by atoms with Crippen molar-refractivity contribution in [2.75, 3.05) is 6.54 Å². The van der Waals surface area contributed by atoms with Crippen LogP contribution in [0.4, 0.5) is 0 Å². The Morgan fingerprint density at radius 3 is 2.95 bits per heavy atom. The van der Waals surface area contributed by atoms with E-state index in [4.69, 9.17) is 0 Å². The standard InChI is InChI=1S/C16H20BrN3/c17-15-5-1-4-13(10-15)14-11-16(12-14)18-6-2-8-20-9-3-7-19-20/h1,3-5,7,9-10,14,16,18H,2,6,8,11-12H2. The molecule has 1 heterocycles. The molecule has 0 unspecified atom stereocenters. The molecular formula is C16H20BrN3. The largest absolute Gasteiger partial charge is 0.314 e. The van der Waals surface area contributed by atoms with Crippen LogP contribution in [0, 0.1) is 0 Å². The number of aromatic nitrogens is 2. The third-order valence-electron chi connectivity index (χ3n) is 4.01. The van der Waals surface area contributed by atoms with Gasteiger partial charge in [-0.3, -0.25) is 4.68 Å². The molecule has 2 aromatic rings. The first-order valence-corrected chi connectivity index (χ1v) is 8.07. The molecule has 0 bridgehead atoms. The van der Waals surface area contributed by atoms with Crippen LogP contribution in [0.15, 0.2) is 47.2 Å². The summed E-state index contributed by atoms with van der Waals surface area (Å²) in [5.74, 6) is 0.733. The summed E-state index contributed by atoms with van der Waals surface area (Å²) in [5, 5.41) is 7.85. The van der Waals surface area contributed by atoms with E-state index >= 15 is 0 Å². The van der Waals surface area contributed by atoms with Crippen molar-refractivity contribution in [2.45, 2.75) is 37.8 Å². The van der Waals surface area contributed by atoms with Crippen molar-refractivity contribution < 1.29 is 0 Å². The van der Waals surface area contributed by atoms with Gasteiger partial charge in [-0.2, -0.15) is 5.10 Å². The average molecular weight is 334 g/mol. The fraction of sp³-hybridized carbons (Fsp3) is 0.438. The molecule has 1 fully saturated rings. The van der Waals surface area contributed by atoms with E-state index < -0.39 is 0 Å². The van der Waals surface area contributed by atoms with E-state index in [9.17, 15) is 0 Å². The molecule has 3 rings (SSSR count). The molecule has 1 aromatic heterocycles. The summed E-state index contributed by atoms with van der Waals surface area (Å²) in [6.45, 7) is 2.08. The summed E-state index contributed by atoms with van der Waals surface area (Å²) in [5.41, 5.74) is 1.47. The maximum absolute atomic E-state index is 4.21. The molecule has 0 spiro atoms. The van der Waals surface area contributed by atoms with Gasteiger partial charge in [0.25, 0.3) is 0 Å². The van der Waals surface area contributed by atoms with Crippen molar-refractivity contribution >= 4 is 15.9 Å². The van der Waals surface area contributed by atoms with Crippen LogP contribution in [0.1, 0.15) is 30.7 Å². The summed E-state index contributed by atoms with van der Waals surface area (Å²) >= 11 is 3.55. The molecule has 1 saturated carbocycles. The predicted molar refractivity (Wildman–Crippen MR) is 84.8 cm³/mol. The van der Waals surface area contributed by atoms with Gasteiger partial charge in [0.05, 0.1) is 0 Å². The normalized spacial score (nSPS) is 21.6. The van der Waals surface area contributed by atoms with Crippen LogP contribution >= 0.6 is 15.9 Å². The highest BCUT2D eigenvalue weighted by atomic mass is 79.9. The highest BCUT2D eigenvalue weighted by Gasteiger charge is 2.29. The number of hydrogen-bond acceptors (Lipinski definition) is 2. The minimum absolute atomic E-state index is 0.691. The highest BCUT2D eigenvalue weighted by molar-refractivity contribution is 9.10. The molecular weight excluding hydrogens is 314 g/mol. The Kier molecular flexibility index (Phi) is 4.53. The minimum atomic E-state index is 0.691. The Hall–Kier alpha value is -1.13. The molecule has 1 aliphatic carbocycles. The summed E-state index contributed by atoms with van der Waals surface area (Å²) in [6.07, 6.45) is 7.52. The van der Waals surface area contributed by atoms with Crippen LogP contribution in [0.3, 0.4) is 0 Å². The first-order chi connectivity index (χ1) is 9.81. The van der Waals surface area contributed by atoms with Crippen molar-refractivity contribution in [3.63, 3.8) is 0 Å². The molecule has 0 atom stereocenters. The topological polar surface area (TPSA) is 29.9 Å². The van der Waals surface area contributed by atoms with Gasteiger partial charge in [-0.15, -0.1) is 0 Å². The van der Waals surface area contributed by atoms with Gasteiger partial charge in [-0.25, -0.2) is 0 Å². The number of aryl methyl sites for hydroxylation is 1. The van der Waals surface area contributed by atoms with Crippen molar-refractivity contribution in [1.29, 1.82) is 0 Å². The predicted octanol–water partition coefficient (Wildman–Crippen LogP) is 3.57. The van der Waals surface area contributed by atoms with E-state index in [1.165, 1.54) is 22.9 Å². The van der Waals surface area contributed by atoms with Gasteiger partial charge in [-0.1, -0.05) is 28.1 Å². The fourth-order valence-electron chi connectivity index (χ4n) is 2.80. The molecule has 0 aliphatic heterocycles. The second kappa shape index (κ2) is 6.55. The second-order valence-electron chi connectivity index (χ2n) is 5.50. The van der Waals surface area contributed by atoms with E-state index in [-0.39, 0.29) is 0 Å². The second-order valence-corrected chi connectivity index (χ2v) is 6.41. The quantitative estimate of drug-likeness (QED) is 0.819. The average Bonchev–Trinajstić information content (AvgIpc) is 2.89. The zero-order chi connectivity index (χ0) is 13.8. The van der Waals surface area contributed by atoms with Crippen LogP contribution in [-0.4, -0.2) is 22.4 Å². The Balaban J connectivity index is 1.34. The maximum Gasteiger partial charge on any atom is 0.0489 e. The number of rotatable bonds is 6. The van der Waals surface area contributed by atoms with Crippen molar-refractivity contribution in [2.24, 2.45) is 0 Å². The van der Waals surface area contributed by atoms with Gasteiger partial charge in [-0.05, 0) is 55.5 Å². The van der Waals surface area contributed by atoms with E-state index in [0.717, 1.165) is 25.4 Å². The molecule has 1 aliphatic rings. The van der Waals surface area contributed by atoms with Crippen LogP contribution in [0.5, 0.6) is 0 Å². The third kappa shape index (κ3) is 3.49. The van der Waals surface area contributed by atoms with Gasteiger partial charge in [0.2, 0.25) is 0 Å². The van der Waals surface area contributed by atoms with Crippen molar-refractivity contribution in [1.82, 2.24) is 15.1 Å². The number of hydrogen-bond donors (Lipinski definition) is 1. The number of halogens is 1. The van der Waals surface area contributed by atoms with Crippen molar-refractivity contribution in [3.05, 3.63) is 52.8 Å². The number of benzene rings is 1. The Morgan fingerprint density at radius 1 is 1.30 bits per heavy atom. The highest BCUT2D eigenvalue weighted by Crippen LogP contribution is 2.37. The minimum Gasteiger partial charge on any atom is -0.314 e. The molecule has 1 aromatic carbocycles. The van der Waals surface area contributed by atoms with Crippen LogP contribution in [0.25, 0.3) is 0 Å².